The van der Waals surface area contributed by atoms with Crippen LogP contribution in [0.2, 0.25) is 0 Å². The molecule has 0 saturated heterocycles. The van der Waals surface area contributed by atoms with Crippen LogP contribution >= 0.6 is 0 Å². The van der Waals surface area contributed by atoms with Gasteiger partial charge in [0.2, 0.25) is 5.91 Å². The van der Waals surface area contributed by atoms with Gasteiger partial charge in [-0.3, -0.25) is 9.59 Å². The number of hydrogen-bond acceptors (Lipinski definition) is 5. The van der Waals surface area contributed by atoms with Gasteiger partial charge in [-0.1, -0.05) is 13.0 Å². The lowest BCUT2D eigenvalue weighted by atomic mass is 10.1. The van der Waals surface area contributed by atoms with Crippen molar-refractivity contribution in [3.63, 3.8) is 0 Å². The molecule has 1 aromatic carbocycles. The molecule has 1 fully saturated rings. The van der Waals surface area contributed by atoms with E-state index in [-0.39, 0.29) is 24.3 Å². The maximum absolute atomic E-state index is 12.7. The van der Waals surface area contributed by atoms with Gasteiger partial charge >= 0.3 is 5.97 Å². The number of anilines is 1. The molecule has 2 aromatic rings. The summed E-state index contributed by atoms with van der Waals surface area (Å²) < 4.78 is 10.3. The summed E-state index contributed by atoms with van der Waals surface area (Å²) in [5.74, 6) is 0.713. The molecule has 3 rings (SSSR count). The normalized spacial score (nSPS) is 17.7. The van der Waals surface area contributed by atoms with E-state index in [2.05, 4.69) is 5.32 Å². The van der Waals surface area contributed by atoms with E-state index in [9.17, 15) is 14.4 Å². The van der Waals surface area contributed by atoms with Gasteiger partial charge in [0.1, 0.15) is 17.1 Å². The molecule has 2 amide bonds. The molecule has 28 heavy (non-hydrogen) atoms. The third kappa shape index (κ3) is 4.24. The first kappa shape index (κ1) is 19.7. The first-order valence-electron chi connectivity index (χ1n) is 9.14. The molecule has 1 aromatic heterocycles. The Labute approximate surface area is 163 Å². The maximum atomic E-state index is 12.7. The van der Waals surface area contributed by atoms with Gasteiger partial charge in [-0.2, -0.15) is 0 Å². The summed E-state index contributed by atoms with van der Waals surface area (Å²) in [6.45, 7) is 3.92. The third-order valence-corrected chi connectivity index (χ3v) is 4.94. The van der Waals surface area contributed by atoms with Crippen molar-refractivity contribution in [2.75, 3.05) is 19.5 Å². The molecule has 1 aliphatic rings. The average molecular weight is 384 g/mol. The van der Waals surface area contributed by atoms with Crippen molar-refractivity contribution < 1.29 is 23.5 Å². The standard InChI is InChI=1S/C21H24N2O5/c1-12-8-17(12)19(24)22-15-7-5-6-14(9-15)20(25)23(3)11-16-10-18(13(2)28-16)21(26)27-4/h5-7,9-10,12,17H,8,11H2,1-4H3,(H,22,24). The zero-order valence-electron chi connectivity index (χ0n) is 16.4. The smallest absolute Gasteiger partial charge is 0.341 e. The highest BCUT2D eigenvalue weighted by Gasteiger charge is 2.39. The van der Waals surface area contributed by atoms with E-state index in [0.29, 0.717) is 34.3 Å². The van der Waals surface area contributed by atoms with Crippen molar-refractivity contribution in [3.8, 4) is 0 Å². The number of furan rings is 1. The van der Waals surface area contributed by atoms with Crippen LogP contribution in [-0.4, -0.2) is 36.8 Å². The predicted octanol–water partition coefficient (Wildman–Crippen LogP) is 3.24. The van der Waals surface area contributed by atoms with E-state index >= 15 is 0 Å². The van der Waals surface area contributed by atoms with Crippen LogP contribution in [0.5, 0.6) is 0 Å². The van der Waals surface area contributed by atoms with Crippen LogP contribution in [0, 0.1) is 18.8 Å². The number of esters is 1. The Balaban J connectivity index is 1.67. The van der Waals surface area contributed by atoms with Gasteiger partial charge in [0.25, 0.3) is 5.91 Å². The van der Waals surface area contributed by atoms with Crippen LogP contribution in [0.15, 0.2) is 34.7 Å². The van der Waals surface area contributed by atoms with Crippen LogP contribution in [-0.2, 0) is 16.1 Å². The van der Waals surface area contributed by atoms with Crippen LogP contribution in [0.1, 0.15) is 45.6 Å². The number of aryl methyl sites for hydroxylation is 1. The van der Waals surface area contributed by atoms with Gasteiger partial charge in [0.05, 0.1) is 13.7 Å². The Morgan fingerprint density at radius 1 is 1.29 bits per heavy atom. The molecule has 0 bridgehead atoms. The van der Waals surface area contributed by atoms with Crippen LogP contribution in [0.4, 0.5) is 5.69 Å². The summed E-state index contributed by atoms with van der Waals surface area (Å²) >= 11 is 0. The Morgan fingerprint density at radius 2 is 2.00 bits per heavy atom. The number of benzene rings is 1. The van der Waals surface area contributed by atoms with Gasteiger partial charge in [-0.05, 0) is 43.5 Å². The molecule has 0 spiro atoms. The highest BCUT2D eigenvalue weighted by molar-refractivity contribution is 5.98. The number of hydrogen-bond donors (Lipinski definition) is 1. The molecule has 1 heterocycles. The number of methoxy groups -OCH3 is 1. The molecule has 148 valence electrons. The van der Waals surface area contributed by atoms with Crippen molar-refractivity contribution >= 4 is 23.5 Å². The van der Waals surface area contributed by atoms with Crippen molar-refractivity contribution in [2.24, 2.45) is 11.8 Å². The SMILES string of the molecule is COC(=O)c1cc(CN(C)C(=O)c2cccc(NC(=O)C3CC3C)c2)oc1C. The fourth-order valence-electron chi connectivity index (χ4n) is 3.11. The Kier molecular flexibility index (Phi) is 5.53. The van der Waals surface area contributed by atoms with Crippen molar-refractivity contribution in [1.29, 1.82) is 0 Å². The van der Waals surface area contributed by atoms with Crippen LogP contribution in [0.3, 0.4) is 0 Å². The Bertz CT molecular complexity index is 917. The number of nitrogens with one attached hydrogen (secondary N) is 1. The average Bonchev–Trinajstić information content (AvgIpc) is 3.30. The van der Waals surface area contributed by atoms with Gasteiger partial charge in [-0.15, -0.1) is 0 Å². The first-order valence-corrected chi connectivity index (χ1v) is 9.14. The molecular weight excluding hydrogens is 360 g/mol. The highest BCUT2D eigenvalue weighted by atomic mass is 16.5. The molecule has 7 heteroatoms. The minimum absolute atomic E-state index is 0.00754. The molecular formula is C21H24N2O5. The second-order valence-electron chi connectivity index (χ2n) is 7.22. The minimum atomic E-state index is -0.477. The van der Waals surface area contributed by atoms with Crippen LogP contribution in [0.25, 0.3) is 0 Å². The number of ether oxygens (including phenoxy) is 1. The second kappa shape index (κ2) is 7.88. The second-order valence-corrected chi connectivity index (χ2v) is 7.22. The Hall–Kier alpha value is -3.09. The summed E-state index contributed by atoms with van der Waals surface area (Å²) in [5.41, 5.74) is 1.41. The highest BCUT2D eigenvalue weighted by Crippen LogP contribution is 2.38. The zero-order valence-corrected chi connectivity index (χ0v) is 16.4. The number of carbonyl (C=O) groups is 3. The summed E-state index contributed by atoms with van der Waals surface area (Å²) in [6, 6.07) is 8.44. The van der Waals surface area contributed by atoms with Crippen molar-refractivity contribution in [1.82, 2.24) is 4.90 Å². The van der Waals surface area contributed by atoms with Crippen LogP contribution < -0.4 is 5.32 Å². The lowest BCUT2D eigenvalue weighted by Crippen LogP contribution is -2.26. The monoisotopic (exact) mass is 384 g/mol. The van der Waals surface area contributed by atoms with Gasteiger partial charge in [-0.25, -0.2) is 4.79 Å². The summed E-state index contributed by atoms with van der Waals surface area (Å²) in [7, 11) is 2.95. The number of nitrogens with zero attached hydrogens (tertiary/aromatic N) is 1. The summed E-state index contributed by atoms with van der Waals surface area (Å²) in [5, 5.41) is 2.87. The molecule has 1 saturated carbocycles. The van der Waals surface area contributed by atoms with E-state index < -0.39 is 5.97 Å². The van der Waals surface area contributed by atoms with E-state index in [0.717, 1.165) is 6.42 Å². The lowest BCUT2D eigenvalue weighted by molar-refractivity contribution is -0.117. The summed E-state index contributed by atoms with van der Waals surface area (Å²) in [4.78, 5) is 38.0. The van der Waals surface area contributed by atoms with Crippen molar-refractivity contribution in [3.05, 3.63) is 53.0 Å². The van der Waals surface area contributed by atoms with Gasteiger partial charge in [0, 0.05) is 24.2 Å². The molecule has 1 N–H and O–H groups in total. The third-order valence-electron chi connectivity index (χ3n) is 4.94. The molecule has 0 radical (unpaired) electrons. The molecule has 0 aliphatic heterocycles. The van der Waals surface area contributed by atoms with E-state index in [1.807, 2.05) is 6.92 Å². The van der Waals surface area contributed by atoms with E-state index in [1.165, 1.54) is 12.0 Å². The molecule has 2 unspecified atom stereocenters. The molecule has 1 aliphatic carbocycles. The van der Waals surface area contributed by atoms with E-state index in [1.54, 1.807) is 44.3 Å². The molecule has 7 nitrogen and oxygen atoms in total. The summed E-state index contributed by atoms with van der Waals surface area (Å²) in [6.07, 6.45) is 0.906. The predicted molar refractivity (Wildman–Crippen MR) is 103 cm³/mol. The van der Waals surface area contributed by atoms with Crippen molar-refractivity contribution in [2.45, 2.75) is 26.8 Å². The minimum Gasteiger partial charge on any atom is -0.465 e. The lowest BCUT2D eigenvalue weighted by Gasteiger charge is -2.16. The quantitative estimate of drug-likeness (QED) is 0.773. The van der Waals surface area contributed by atoms with E-state index in [4.69, 9.17) is 9.15 Å². The number of amides is 2. The Morgan fingerprint density at radius 3 is 2.64 bits per heavy atom. The fourth-order valence-corrected chi connectivity index (χ4v) is 3.11. The zero-order chi connectivity index (χ0) is 20.4. The number of carbonyl (C=O) groups excluding carboxylic acids is 3. The first-order chi connectivity index (χ1) is 13.3. The fraction of sp³-hybridized carbons (Fsp3) is 0.381. The largest absolute Gasteiger partial charge is 0.465 e. The number of rotatable bonds is 6. The van der Waals surface area contributed by atoms with Gasteiger partial charge < -0.3 is 19.4 Å². The molecule has 2 atom stereocenters. The van der Waals surface area contributed by atoms with Gasteiger partial charge in [0.15, 0.2) is 0 Å². The topological polar surface area (TPSA) is 88.9 Å². The maximum Gasteiger partial charge on any atom is 0.341 e.